The molecule has 0 radical (unpaired) electrons. The van der Waals surface area contributed by atoms with Crippen LogP contribution in [0.15, 0.2) is 52.0 Å². The van der Waals surface area contributed by atoms with Crippen LogP contribution in [0.1, 0.15) is 31.9 Å². The number of nitrogens with zero attached hydrogens (tertiary/aromatic N) is 2. The standard InChI is InChI=1S/C19H20BrN3O4/c1-19(2,3)14-8-9-17(15(20)10-14)27-12-18(24)22-21-11-13-6-4-5-7-16(13)23(25)26/h4-11H,12H2,1-3H3,(H,22,24)/b21-11+. The predicted molar refractivity (Wildman–Crippen MR) is 107 cm³/mol. The number of nitro benzene ring substituents is 1. The van der Waals surface area contributed by atoms with Crippen LogP contribution in [0.3, 0.4) is 0 Å². The Kier molecular flexibility index (Phi) is 6.68. The first-order chi connectivity index (χ1) is 12.7. The van der Waals surface area contributed by atoms with Crippen LogP contribution in [-0.2, 0) is 10.2 Å². The van der Waals surface area contributed by atoms with Crippen molar-refractivity contribution >= 4 is 33.7 Å². The minimum Gasteiger partial charge on any atom is -0.483 e. The van der Waals surface area contributed by atoms with Gasteiger partial charge in [0, 0.05) is 6.07 Å². The Morgan fingerprint density at radius 3 is 2.63 bits per heavy atom. The summed E-state index contributed by atoms with van der Waals surface area (Å²) in [5.41, 5.74) is 3.64. The lowest BCUT2D eigenvalue weighted by Crippen LogP contribution is -2.24. The zero-order chi connectivity index (χ0) is 20.0. The van der Waals surface area contributed by atoms with Gasteiger partial charge in [0.05, 0.1) is 21.2 Å². The third-order valence-corrected chi connectivity index (χ3v) is 4.30. The van der Waals surface area contributed by atoms with Crippen molar-refractivity contribution in [2.24, 2.45) is 5.10 Å². The van der Waals surface area contributed by atoms with Crippen LogP contribution in [0.4, 0.5) is 5.69 Å². The summed E-state index contributed by atoms with van der Waals surface area (Å²) in [6.07, 6.45) is 1.23. The summed E-state index contributed by atoms with van der Waals surface area (Å²) in [5.74, 6) is 0.0671. The van der Waals surface area contributed by atoms with Crippen LogP contribution < -0.4 is 10.2 Å². The zero-order valence-corrected chi connectivity index (χ0v) is 16.8. The number of nitro groups is 1. The van der Waals surface area contributed by atoms with Gasteiger partial charge in [-0.2, -0.15) is 5.10 Å². The quantitative estimate of drug-likeness (QED) is 0.419. The van der Waals surface area contributed by atoms with Gasteiger partial charge in [-0.25, -0.2) is 5.43 Å². The van der Waals surface area contributed by atoms with Gasteiger partial charge in [-0.1, -0.05) is 39.0 Å². The van der Waals surface area contributed by atoms with Gasteiger partial charge in [-0.3, -0.25) is 14.9 Å². The number of para-hydroxylation sites is 1. The molecule has 0 fully saturated rings. The first-order valence-electron chi connectivity index (χ1n) is 8.16. The maximum absolute atomic E-state index is 11.9. The molecule has 0 heterocycles. The third-order valence-electron chi connectivity index (χ3n) is 3.68. The maximum atomic E-state index is 11.9. The largest absolute Gasteiger partial charge is 0.483 e. The molecule has 0 spiro atoms. The molecular formula is C19H20BrN3O4. The smallest absolute Gasteiger partial charge is 0.278 e. The van der Waals surface area contributed by atoms with Crippen molar-refractivity contribution in [3.8, 4) is 5.75 Å². The molecule has 2 aromatic rings. The van der Waals surface area contributed by atoms with Crippen molar-refractivity contribution < 1.29 is 14.5 Å². The molecule has 0 bridgehead atoms. The monoisotopic (exact) mass is 433 g/mol. The van der Waals surface area contributed by atoms with Gasteiger partial charge < -0.3 is 4.74 Å². The molecule has 0 saturated carbocycles. The van der Waals surface area contributed by atoms with Gasteiger partial charge in [0.15, 0.2) is 6.61 Å². The van der Waals surface area contributed by atoms with Gasteiger partial charge >= 0.3 is 0 Å². The second kappa shape index (κ2) is 8.77. The van der Waals surface area contributed by atoms with Gasteiger partial charge in [0.1, 0.15) is 5.75 Å². The number of carbonyl (C=O) groups excluding carboxylic acids is 1. The maximum Gasteiger partial charge on any atom is 0.278 e. The molecule has 8 heteroatoms. The topological polar surface area (TPSA) is 93.8 Å². The van der Waals surface area contributed by atoms with Crippen LogP contribution >= 0.6 is 15.9 Å². The van der Waals surface area contributed by atoms with Crippen molar-refractivity contribution in [2.75, 3.05) is 6.61 Å². The summed E-state index contributed by atoms with van der Waals surface area (Å²) in [6, 6.07) is 11.8. The Balaban J connectivity index is 1.93. The Bertz CT molecular complexity index is 875. The lowest BCUT2D eigenvalue weighted by atomic mass is 9.87. The van der Waals surface area contributed by atoms with E-state index in [2.05, 4.69) is 47.2 Å². The second-order valence-corrected chi connectivity index (χ2v) is 7.65. The van der Waals surface area contributed by atoms with Crippen LogP contribution in [0, 0.1) is 10.1 Å². The highest BCUT2D eigenvalue weighted by atomic mass is 79.9. The van der Waals surface area contributed by atoms with E-state index in [0.29, 0.717) is 11.3 Å². The highest BCUT2D eigenvalue weighted by Gasteiger charge is 2.15. The Labute approximate surface area is 165 Å². The molecule has 0 aliphatic heterocycles. The number of carbonyl (C=O) groups is 1. The van der Waals surface area contributed by atoms with Crippen LogP contribution in [0.2, 0.25) is 0 Å². The molecule has 0 aromatic heterocycles. The van der Waals surface area contributed by atoms with E-state index >= 15 is 0 Å². The van der Waals surface area contributed by atoms with Crippen molar-refractivity contribution in [1.29, 1.82) is 0 Å². The number of hydrogen-bond donors (Lipinski definition) is 1. The minimum atomic E-state index is -0.509. The highest BCUT2D eigenvalue weighted by Crippen LogP contribution is 2.31. The molecule has 1 amide bonds. The molecular weight excluding hydrogens is 414 g/mol. The normalized spacial score (nSPS) is 11.4. The third kappa shape index (κ3) is 5.89. The number of benzene rings is 2. The van der Waals surface area contributed by atoms with Gasteiger partial charge in [-0.15, -0.1) is 0 Å². The molecule has 1 N–H and O–H groups in total. The molecule has 0 aliphatic carbocycles. The molecule has 0 unspecified atom stereocenters. The minimum absolute atomic E-state index is 0.00713. The summed E-state index contributed by atoms with van der Waals surface area (Å²) in [4.78, 5) is 22.3. The fraction of sp³-hybridized carbons (Fsp3) is 0.263. The SMILES string of the molecule is CC(C)(C)c1ccc(OCC(=O)N/N=C/c2ccccc2[N+](=O)[O-])c(Br)c1. The van der Waals surface area contributed by atoms with Crippen molar-refractivity contribution in [1.82, 2.24) is 5.43 Å². The highest BCUT2D eigenvalue weighted by molar-refractivity contribution is 9.10. The van der Waals surface area contributed by atoms with Gasteiger partial charge in [0.25, 0.3) is 11.6 Å². The summed E-state index contributed by atoms with van der Waals surface area (Å²) in [6.45, 7) is 6.09. The Morgan fingerprint density at radius 2 is 2.00 bits per heavy atom. The molecule has 0 saturated heterocycles. The average Bonchev–Trinajstić information content (AvgIpc) is 2.60. The first-order valence-corrected chi connectivity index (χ1v) is 8.96. The fourth-order valence-electron chi connectivity index (χ4n) is 2.20. The van der Waals surface area contributed by atoms with Gasteiger partial charge in [-0.05, 0) is 45.1 Å². The number of hydrazone groups is 1. The van der Waals surface area contributed by atoms with E-state index in [4.69, 9.17) is 4.74 Å². The second-order valence-electron chi connectivity index (χ2n) is 6.79. The molecule has 0 aliphatic rings. The predicted octanol–water partition coefficient (Wildman–Crippen LogP) is 4.18. The van der Waals surface area contributed by atoms with E-state index in [1.165, 1.54) is 18.3 Å². The molecule has 142 valence electrons. The van der Waals surface area contributed by atoms with Crippen molar-refractivity contribution in [3.05, 3.63) is 68.2 Å². The summed E-state index contributed by atoms with van der Waals surface area (Å²) >= 11 is 3.44. The van der Waals surface area contributed by atoms with Crippen LogP contribution in [0.25, 0.3) is 0 Å². The van der Waals surface area contributed by atoms with Crippen LogP contribution in [0.5, 0.6) is 5.75 Å². The van der Waals surface area contributed by atoms with E-state index in [1.807, 2.05) is 12.1 Å². The summed E-state index contributed by atoms with van der Waals surface area (Å²) in [5, 5.41) is 14.7. The Morgan fingerprint density at radius 1 is 1.30 bits per heavy atom. The average molecular weight is 434 g/mol. The van der Waals surface area contributed by atoms with Crippen LogP contribution in [-0.4, -0.2) is 23.7 Å². The summed E-state index contributed by atoms with van der Waals surface area (Å²) < 4.78 is 6.25. The number of rotatable bonds is 6. The Hall–Kier alpha value is -2.74. The van der Waals surface area contributed by atoms with E-state index in [0.717, 1.165) is 10.0 Å². The lowest BCUT2D eigenvalue weighted by Gasteiger charge is -2.20. The zero-order valence-electron chi connectivity index (χ0n) is 15.2. The van der Waals surface area contributed by atoms with E-state index in [1.54, 1.807) is 18.2 Å². The number of hydrogen-bond acceptors (Lipinski definition) is 5. The van der Waals surface area contributed by atoms with Gasteiger partial charge in [0.2, 0.25) is 0 Å². The first kappa shape index (κ1) is 20.6. The number of amides is 1. The molecule has 27 heavy (non-hydrogen) atoms. The molecule has 7 nitrogen and oxygen atoms in total. The van der Waals surface area contributed by atoms with Crippen molar-refractivity contribution in [2.45, 2.75) is 26.2 Å². The van der Waals surface area contributed by atoms with E-state index in [-0.39, 0.29) is 17.7 Å². The van der Waals surface area contributed by atoms with E-state index < -0.39 is 10.8 Å². The molecule has 2 rings (SSSR count). The number of halogens is 1. The van der Waals surface area contributed by atoms with Crippen molar-refractivity contribution in [3.63, 3.8) is 0 Å². The molecule has 0 atom stereocenters. The number of ether oxygens (including phenoxy) is 1. The number of nitrogens with one attached hydrogen (secondary N) is 1. The summed E-state index contributed by atoms with van der Waals surface area (Å²) in [7, 11) is 0. The van der Waals surface area contributed by atoms with E-state index in [9.17, 15) is 14.9 Å². The lowest BCUT2D eigenvalue weighted by molar-refractivity contribution is -0.385. The fourth-order valence-corrected chi connectivity index (χ4v) is 2.69. The molecule has 2 aromatic carbocycles.